The van der Waals surface area contributed by atoms with Crippen molar-refractivity contribution in [1.29, 1.82) is 0 Å². The molecule has 1 saturated heterocycles. The van der Waals surface area contributed by atoms with E-state index in [9.17, 15) is 0 Å². The largest absolute Gasteiger partial charge is 0.382 e. The lowest BCUT2D eigenvalue weighted by Crippen LogP contribution is -2.22. The van der Waals surface area contributed by atoms with E-state index in [2.05, 4.69) is 20.2 Å². The standard InChI is InChI=1S/C11H19N5/c12-10-8-15-11(9-14-10)13-4-3-7-16-5-1-2-6-16/h8-9H,1-7H2,(H2,12,14)(H,13,15). The van der Waals surface area contributed by atoms with Gasteiger partial charge in [0.2, 0.25) is 0 Å². The Morgan fingerprint density at radius 3 is 2.75 bits per heavy atom. The van der Waals surface area contributed by atoms with Gasteiger partial charge < -0.3 is 16.0 Å². The average Bonchev–Trinajstić information content (AvgIpc) is 2.80. The third-order valence-corrected chi connectivity index (χ3v) is 2.83. The molecule has 0 bridgehead atoms. The monoisotopic (exact) mass is 221 g/mol. The quantitative estimate of drug-likeness (QED) is 0.725. The number of hydrogen-bond donors (Lipinski definition) is 2. The zero-order valence-corrected chi connectivity index (χ0v) is 9.52. The Morgan fingerprint density at radius 2 is 2.06 bits per heavy atom. The zero-order chi connectivity index (χ0) is 11.2. The van der Waals surface area contributed by atoms with Crippen LogP contribution in [0.1, 0.15) is 19.3 Å². The highest BCUT2D eigenvalue weighted by Crippen LogP contribution is 2.07. The highest BCUT2D eigenvalue weighted by atomic mass is 15.1. The van der Waals surface area contributed by atoms with Crippen molar-refractivity contribution in [3.05, 3.63) is 12.4 Å². The molecule has 5 heteroatoms. The van der Waals surface area contributed by atoms with Gasteiger partial charge in [-0.05, 0) is 38.9 Å². The summed E-state index contributed by atoms with van der Waals surface area (Å²) in [6.45, 7) is 4.65. The van der Waals surface area contributed by atoms with Crippen LogP contribution in [0.5, 0.6) is 0 Å². The normalized spacial score (nSPS) is 16.5. The second-order valence-electron chi connectivity index (χ2n) is 4.16. The smallest absolute Gasteiger partial charge is 0.144 e. The van der Waals surface area contributed by atoms with E-state index in [4.69, 9.17) is 5.73 Å². The summed E-state index contributed by atoms with van der Waals surface area (Å²) in [5.74, 6) is 1.26. The number of anilines is 2. The highest BCUT2D eigenvalue weighted by molar-refractivity contribution is 5.35. The number of nitrogen functional groups attached to an aromatic ring is 1. The molecule has 0 radical (unpaired) electrons. The van der Waals surface area contributed by atoms with Crippen LogP contribution in [0.3, 0.4) is 0 Å². The van der Waals surface area contributed by atoms with E-state index in [1.54, 1.807) is 12.4 Å². The molecule has 0 amide bonds. The Kier molecular flexibility index (Phi) is 3.93. The molecule has 0 spiro atoms. The van der Waals surface area contributed by atoms with Gasteiger partial charge in [0.1, 0.15) is 11.6 Å². The summed E-state index contributed by atoms with van der Waals surface area (Å²) in [4.78, 5) is 10.6. The minimum Gasteiger partial charge on any atom is -0.382 e. The first-order valence-corrected chi connectivity index (χ1v) is 5.88. The summed E-state index contributed by atoms with van der Waals surface area (Å²) in [5.41, 5.74) is 5.46. The van der Waals surface area contributed by atoms with Crippen LogP contribution in [0.4, 0.5) is 11.6 Å². The molecule has 2 rings (SSSR count). The van der Waals surface area contributed by atoms with Crippen LogP contribution >= 0.6 is 0 Å². The number of likely N-dealkylation sites (tertiary alicyclic amines) is 1. The molecular formula is C11H19N5. The van der Waals surface area contributed by atoms with Gasteiger partial charge in [0.05, 0.1) is 12.4 Å². The molecule has 1 aromatic rings. The van der Waals surface area contributed by atoms with Crippen molar-refractivity contribution in [1.82, 2.24) is 14.9 Å². The Morgan fingerprint density at radius 1 is 1.25 bits per heavy atom. The molecule has 1 aliphatic rings. The van der Waals surface area contributed by atoms with Gasteiger partial charge in [-0.25, -0.2) is 9.97 Å². The van der Waals surface area contributed by atoms with E-state index >= 15 is 0 Å². The van der Waals surface area contributed by atoms with Crippen molar-refractivity contribution in [3.8, 4) is 0 Å². The highest BCUT2D eigenvalue weighted by Gasteiger charge is 2.09. The molecule has 16 heavy (non-hydrogen) atoms. The predicted octanol–water partition coefficient (Wildman–Crippen LogP) is 0.957. The van der Waals surface area contributed by atoms with Crippen molar-refractivity contribution >= 4 is 11.6 Å². The summed E-state index contributed by atoms with van der Waals surface area (Å²) in [6, 6.07) is 0. The predicted molar refractivity (Wildman–Crippen MR) is 65.2 cm³/mol. The fraction of sp³-hybridized carbons (Fsp3) is 0.636. The summed E-state index contributed by atoms with van der Waals surface area (Å²) in [6.07, 6.45) is 7.10. The Hall–Kier alpha value is -1.36. The number of nitrogens with zero attached hydrogens (tertiary/aromatic N) is 3. The van der Waals surface area contributed by atoms with Gasteiger partial charge in [0, 0.05) is 6.54 Å². The maximum absolute atomic E-state index is 5.46. The molecule has 3 N–H and O–H groups in total. The van der Waals surface area contributed by atoms with Crippen molar-refractivity contribution in [3.63, 3.8) is 0 Å². The fourth-order valence-electron chi connectivity index (χ4n) is 1.95. The number of nitrogens with two attached hydrogens (primary N) is 1. The van der Waals surface area contributed by atoms with Crippen LogP contribution in [0, 0.1) is 0 Å². The molecule has 0 aliphatic carbocycles. The second kappa shape index (κ2) is 5.65. The first-order chi connectivity index (χ1) is 7.84. The van der Waals surface area contributed by atoms with E-state index in [0.717, 1.165) is 18.8 Å². The van der Waals surface area contributed by atoms with Gasteiger partial charge in [-0.15, -0.1) is 0 Å². The van der Waals surface area contributed by atoms with Crippen LogP contribution in [0.25, 0.3) is 0 Å². The third kappa shape index (κ3) is 3.34. The molecule has 0 atom stereocenters. The van der Waals surface area contributed by atoms with Crippen molar-refractivity contribution < 1.29 is 0 Å². The third-order valence-electron chi connectivity index (χ3n) is 2.83. The molecule has 0 unspecified atom stereocenters. The van der Waals surface area contributed by atoms with Gasteiger partial charge >= 0.3 is 0 Å². The first-order valence-electron chi connectivity index (χ1n) is 5.88. The zero-order valence-electron chi connectivity index (χ0n) is 9.52. The summed E-state index contributed by atoms with van der Waals surface area (Å²) < 4.78 is 0. The number of hydrogen-bond acceptors (Lipinski definition) is 5. The molecule has 88 valence electrons. The van der Waals surface area contributed by atoms with Gasteiger partial charge in [-0.2, -0.15) is 0 Å². The molecule has 1 aliphatic heterocycles. The summed E-state index contributed by atoms with van der Waals surface area (Å²) in [5, 5.41) is 3.24. The molecule has 0 saturated carbocycles. The molecule has 1 fully saturated rings. The van der Waals surface area contributed by atoms with Crippen LogP contribution in [0.2, 0.25) is 0 Å². The number of rotatable bonds is 5. The minimum absolute atomic E-state index is 0.461. The van der Waals surface area contributed by atoms with E-state index < -0.39 is 0 Å². The van der Waals surface area contributed by atoms with Crippen LogP contribution in [0.15, 0.2) is 12.4 Å². The maximum Gasteiger partial charge on any atom is 0.144 e. The summed E-state index contributed by atoms with van der Waals surface area (Å²) in [7, 11) is 0. The van der Waals surface area contributed by atoms with Gasteiger partial charge in [-0.3, -0.25) is 0 Å². The van der Waals surface area contributed by atoms with E-state index in [1.165, 1.54) is 32.5 Å². The molecule has 1 aromatic heterocycles. The SMILES string of the molecule is Nc1cnc(NCCCN2CCCC2)cn1. The van der Waals surface area contributed by atoms with Crippen LogP contribution in [-0.2, 0) is 0 Å². The lowest BCUT2D eigenvalue weighted by Gasteiger charge is -2.14. The summed E-state index contributed by atoms with van der Waals surface area (Å²) >= 11 is 0. The number of nitrogens with one attached hydrogen (secondary N) is 1. The topological polar surface area (TPSA) is 67.1 Å². The Labute approximate surface area is 96.1 Å². The van der Waals surface area contributed by atoms with E-state index in [0.29, 0.717) is 5.82 Å². The van der Waals surface area contributed by atoms with Crippen LogP contribution < -0.4 is 11.1 Å². The van der Waals surface area contributed by atoms with Gasteiger partial charge in [0.25, 0.3) is 0 Å². The van der Waals surface area contributed by atoms with Gasteiger partial charge in [0.15, 0.2) is 0 Å². The maximum atomic E-state index is 5.46. The molecule has 2 heterocycles. The Balaban J connectivity index is 1.62. The van der Waals surface area contributed by atoms with E-state index in [-0.39, 0.29) is 0 Å². The Bertz CT molecular complexity index is 305. The minimum atomic E-state index is 0.461. The van der Waals surface area contributed by atoms with Crippen molar-refractivity contribution in [2.75, 3.05) is 37.2 Å². The average molecular weight is 221 g/mol. The van der Waals surface area contributed by atoms with Crippen molar-refractivity contribution in [2.45, 2.75) is 19.3 Å². The van der Waals surface area contributed by atoms with Crippen molar-refractivity contribution in [2.24, 2.45) is 0 Å². The second-order valence-corrected chi connectivity index (χ2v) is 4.16. The van der Waals surface area contributed by atoms with E-state index in [1.807, 2.05) is 0 Å². The first kappa shape index (κ1) is 11.1. The fourth-order valence-corrected chi connectivity index (χ4v) is 1.95. The van der Waals surface area contributed by atoms with Crippen LogP contribution in [-0.4, -0.2) is 41.0 Å². The lowest BCUT2D eigenvalue weighted by atomic mass is 10.4. The number of aromatic nitrogens is 2. The lowest BCUT2D eigenvalue weighted by molar-refractivity contribution is 0.337. The van der Waals surface area contributed by atoms with Gasteiger partial charge in [-0.1, -0.05) is 0 Å². The molecule has 0 aromatic carbocycles. The molecular weight excluding hydrogens is 202 g/mol. The molecule has 5 nitrogen and oxygen atoms in total.